The number of halogens is 1. The van der Waals surface area contributed by atoms with Crippen molar-refractivity contribution in [2.75, 3.05) is 33.4 Å². The number of hydrogen-bond acceptors (Lipinski definition) is 6. The lowest BCUT2D eigenvalue weighted by molar-refractivity contribution is -0.147. The Bertz CT molecular complexity index is 1410. The maximum atomic E-state index is 13.6. The molecule has 3 aromatic rings. The number of methoxy groups -OCH3 is 1. The van der Waals surface area contributed by atoms with Gasteiger partial charge in [-0.2, -0.15) is 4.31 Å². The van der Waals surface area contributed by atoms with Gasteiger partial charge in [0.05, 0.1) is 18.6 Å². The molecule has 1 saturated heterocycles. The van der Waals surface area contributed by atoms with Crippen LogP contribution in [0.4, 0.5) is 4.39 Å². The zero-order valence-electron chi connectivity index (χ0n) is 23.4. The molecule has 41 heavy (non-hydrogen) atoms. The molecule has 0 aromatic heterocycles. The molecule has 0 radical (unpaired) electrons. The topological polar surface area (TPSA) is 76.2 Å². The summed E-state index contributed by atoms with van der Waals surface area (Å²) in [6.07, 6.45) is 6.12. The average Bonchev–Trinajstić information content (AvgIpc) is 3.01. The van der Waals surface area contributed by atoms with Gasteiger partial charge in [-0.05, 0) is 71.8 Å². The number of ether oxygens (including phenoxy) is 2. The highest BCUT2D eigenvalue weighted by Crippen LogP contribution is 2.28. The Balaban J connectivity index is 1.23. The first-order valence-electron chi connectivity index (χ1n) is 14.2. The smallest absolute Gasteiger partial charge is 0.325 e. The number of benzene rings is 3. The van der Waals surface area contributed by atoms with Crippen molar-refractivity contribution in [3.8, 4) is 16.9 Å². The quantitative estimate of drug-likeness (QED) is 0.311. The van der Waals surface area contributed by atoms with Gasteiger partial charge in [0, 0.05) is 26.2 Å². The number of nitrogens with zero attached hydrogens (tertiary/aromatic N) is 2. The summed E-state index contributed by atoms with van der Waals surface area (Å²) in [6.45, 7) is 2.05. The molecule has 2 aliphatic rings. The largest absolute Gasteiger partial charge is 0.493 e. The lowest BCUT2D eigenvalue weighted by Crippen LogP contribution is -2.58. The Morgan fingerprint density at radius 1 is 0.878 bits per heavy atom. The predicted molar refractivity (Wildman–Crippen MR) is 155 cm³/mol. The fourth-order valence-electron chi connectivity index (χ4n) is 5.70. The van der Waals surface area contributed by atoms with E-state index in [1.165, 1.54) is 55.7 Å². The lowest BCUT2D eigenvalue weighted by atomic mass is 9.90. The fourth-order valence-corrected chi connectivity index (χ4v) is 7.26. The Morgan fingerprint density at radius 3 is 2.15 bits per heavy atom. The molecule has 0 spiro atoms. The highest BCUT2D eigenvalue weighted by molar-refractivity contribution is 7.89. The zero-order chi connectivity index (χ0) is 28.8. The van der Waals surface area contributed by atoms with Crippen LogP contribution in [-0.4, -0.2) is 63.0 Å². The van der Waals surface area contributed by atoms with Crippen LogP contribution in [-0.2, 0) is 26.1 Å². The molecule has 3 aromatic carbocycles. The van der Waals surface area contributed by atoms with Crippen molar-refractivity contribution in [2.24, 2.45) is 5.92 Å². The van der Waals surface area contributed by atoms with Crippen LogP contribution in [0.15, 0.2) is 77.7 Å². The van der Waals surface area contributed by atoms with E-state index < -0.39 is 22.0 Å². The van der Waals surface area contributed by atoms with Crippen molar-refractivity contribution >= 4 is 16.0 Å². The standard InChI is InChI=1S/C32H37FN2O5S/c1-39-32(36)31-22-34(21-24-7-9-26(10-8-24)27-11-13-28(33)14-12-27)19-20-35(31)41(37,38)30-17-15-29(16-18-30)40-23-25-5-3-2-4-6-25/h7-18,25,31H,2-6,19-23H2,1H3/t31-/m0/s1. The number of carbonyl (C=O) groups is 1. The van der Waals surface area contributed by atoms with Gasteiger partial charge < -0.3 is 9.47 Å². The van der Waals surface area contributed by atoms with E-state index in [0.29, 0.717) is 31.4 Å². The van der Waals surface area contributed by atoms with Crippen LogP contribution in [0.25, 0.3) is 11.1 Å². The second kappa shape index (κ2) is 13.1. The third kappa shape index (κ3) is 7.15. The Hall–Kier alpha value is -3.27. The molecule has 0 N–H and O–H groups in total. The van der Waals surface area contributed by atoms with Gasteiger partial charge in [0.25, 0.3) is 0 Å². The van der Waals surface area contributed by atoms with E-state index in [2.05, 4.69) is 4.90 Å². The summed E-state index contributed by atoms with van der Waals surface area (Å²) in [4.78, 5) is 15.0. The first-order valence-corrected chi connectivity index (χ1v) is 15.7. The fraction of sp³-hybridized carbons (Fsp3) is 0.406. The highest BCUT2D eigenvalue weighted by Gasteiger charge is 2.40. The molecule has 1 heterocycles. The predicted octanol–water partition coefficient (Wildman–Crippen LogP) is 5.50. The summed E-state index contributed by atoms with van der Waals surface area (Å²) >= 11 is 0. The van der Waals surface area contributed by atoms with Crippen molar-refractivity contribution in [1.82, 2.24) is 9.21 Å². The van der Waals surface area contributed by atoms with Crippen molar-refractivity contribution in [2.45, 2.75) is 49.6 Å². The molecular formula is C32H37FN2O5S. The first-order chi connectivity index (χ1) is 19.8. The van der Waals surface area contributed by atoms with Gasteiger partial charge in [-0.15, -0.1) is 0 Å². The number of rotatable bonds is 9. The van der Waals surface area contributed by atoms with E-state index in [1.54, 1.807) is 36.4 Å². The van der Waals surface area contributed by atoms with Crippen molar-refractivity contribution in [3.05, 3.63) is 84.2 Å². The molecule has 5 rings (SSSR count). The number of carbonyl (C=O) groups excluding carboxylic acids is 1. The van der Waals surface area contributed by atoms with Gasteiger partial charge in [0.15, 0.2) is 0 Å². The van der Waals surface area contributed by atoms with Gasteiger partial charge in [0.2, 0.25) is 10.0 Å². The third-order valence-electron chi connectivity index (χ3n) is 8.07. The van der Waals surface area contributed by atoms with Crippen LogP contribution in [0.1, 0.15) is 37.7 Å². The first kappa shape index (κ1) is 29.2. The van der Waals surface area contributed by atoms with Crippen LogP contribution in [0.2, 0.25) is 0 Å². The van der Waals surface area contributed by atoms with Gasteiger partial charge in [-0.25, -0.2) is 12.8 Å². The molecule has 0 bridgehead atoms. The van der Waals surface area contributed by atoms with Gasteiger partial charge in [-0.3, -0.25) is 9.69 Å². The van der Waals surface area contributed by atoms with E-state index in [0.717, 1.165) is 16.7 Å². The summed E-state index contributed by atoms with van der Waals surface area (Å²) in [7, 11) is -2.65. The van der Waals surface area contributed by atoms with Crippen molar-refractivity contribution < 1.29 is 27.1 Å². The summed E-state index contributed by atoms with van der Waals surface area (Å²) in [5.74, 6) is 0.339. The van der Waals surface area contributed by atoms with E-state index >= 15 is 0 Å². The molecule has 1 saturated carbocycles. The van der Waals surface area contributed by atoms with Crippen LogP contribution in [0, 0.1) is 11.7 Å². The van der Waals surface area contributed by atoms with Crippen LogP contribution >= 0.6 is 0 Å². The van der Waals surface area contributed by atoms with Gasteiger partial charge in [0.1, 0.15) is 17.6 Å². The van der Waals surface area contributed by atoms with Crippen molar-refractivity contribution in [3.63, 3.8) is 0 Å². The minimum absolute atomic E-state index is 0.126. The summed E-state index contributed by atoms with van der Waals surface area (Å²) < 4.78 is 52.7. The molecule has 2 fully saturated rings. The monoisotopic (exact) mass is 580 g/mol. The molecular weight excluding hydrogens is 543 g/mol. The molecule has 0 unspecified atom stereocenters. The maximum absolute atomic E-state index is 13.6. The summed E-state index contributed by atoms with van der Waals surface area (Å²) in [5.41, 5.74) is 2.92. The van der Waals surface area contributed by atoms with Crippen molar-refractivity contribution in [1.29, 1.82) is 0 Å². The Labute approximate surface area is 241 Å². The zero-order valence-corrected chi connectivity index (χ0v) is 24.2. The summed E-state index contributed by atoms with van der Waals surface area (Å²) in [5, 5.41) is 0. The number of hydrogen-bond donors (Lipinski definition) is 0. The highest BCUT2D eigenvalue weighted by atomic mass is 32.2. The second-order valence-electron chi connectivity index (χ2n) is 10.9. The van der Waals surface area contributed by atoms with Gasteiger partial charge in [-0.1, -0.05) is 55.7 Å². The lowest BCUT2D eigenvalue weighted by Gasteiger charge is -2.39. The van der Waals surface area contributed by atoms with Crippen LogP contribution < -0.4 is 4.74 Å². The molecule has 0 amide bonds. The number of piperazine rings is 1. The van der Waals surface area contributed by atoms with E-state index in [-0.39, 0.29) is 23.8 Å². The molecule has 1 aliphatic heterocycles. The molecule has 9 heteroatoms. The maximum Gasteiger partial charge on any atom is 0.325 e. The summed E-state index contributed by atoms with van der Waals surface area (Å²) in [6, 6.07) is 19.8. The molecule has 1 aliphatic carbocycles. The Morgan fingerprint density at radius 2 is 1.51 bits per heavy atom. The van der Waals surface area contributed by atoms with Crippen LogP contribution in [0.5, 0.6) is 5.75 Å². The van der Waals surface area contributed by atoms with Gasteiger partial charge >= 0.3 is 5.97 Å². The molecule has 218 valence electrons. The number of esters is 1. The normalized spacial score (nSPS) is 19.1. The second-order valence-corrected chi connectivity index (χ2v) is 12.8. The molecule has 1 atom stereocenters. The van der Waals surface area contributed by atoms with E-state index in [1.807, 2.05) is 24.3 Å². The van der Waals surface area contributed by atoms with Crippen LogP contribution in [0.3, 0.4) is 0 Å². The third-order valence-corrected chi connectivity index (χ3v) is 9.99. The SMILES string of the molecule is COC(=O)[C@@H]1CN(Cc2ccc(-c3ccc(F)cc3)cc2)CCN1S(=O)(=O)c1ccc(OCC2CCCCC2)cc1. The van der Waals surface area contributed by atoms with E-state index in [9.17, 15) is 17.6 Å². The minimum Gasteiger partial charge on any atom is -0.493 e. The Kier molecular flexibility index (Phi) is 9.37. The number of sulfonamides is 1. The van der Waals surface area contributed by atoms with E-state index in [4.69, 9.17) is 9.47 Å². The molecule has 7 nitrogen and oxygen atoms in total. The minimum atomic E-state index is -3.93. The average molecular weight is 581 g/mol.